The Balaban J connectivity index is 1.89. The minimum Gasteiger partial charge on any atom is -0.377 e. The number of fused-ring (bicyclic) bond motifs is 1. The number of anilines is 1. The van der Waals surface area contributed by atoms with Gasteiger partial charge in [-0.15, -0.1) is 0 Å². The van der Waals surface area contributed by atoms with E-state index < -0.39 is 0 Å². The van der Waals surface area contributed by atoms with Crippen molar-refractivity contribution in [1.82, 2.24) is 4.98 Å². The highest BCUT2D eigenvalue weighted by atomic mass is 35.5. The zero-order valence-corrected chi connectivity index (χ0v) is 11.3. The van der Waals surface area contributed by atoms with E-state index in [1.807, 2.05) is 19.1 Å². The average Bonchev–Trinajstić information content (AvgIpc) is 2.78. The van der Waals surface area contributed by atoms with E-state index in [0.29, 0.717) is 5.15 Å². The summed E-state index contributed by atoms with van der Waals surface area (Å²) in [6, 6.07) is 9.10. The van der Waals surface area contributed by atoms with Crippen LogP contribution in [0.3, 0.4) is 0 Å². The average molecular weight is 277 g/mol. The van der Waals surface area contributed by atoms with Crippen LogP contribution in [-0.4, -0.2) is 4.98 Å². The minimum atomic E-state index is -0.104. The number of halogens is 2. The Hall–Kier alpha value is -1.61. The fourth-order valence-corrected chi connectivity index (χ4v) is 2.82. The van der Waals surface area contributed by atoms with Crippen LogP contribution in [0.2, 0.25) is 5.15 Å². The molecule has 1 aliphatic rings. The van der Waals surface area contributed by atoms with Crippen molar-refractivity contribution in [2.45, 2.75) is 25.8 Å². The predicted octanol–water partition coefficient (Wildman–Crippen LogP) is 4.28. The van der Waals surface area contributed by atoms with Crippen LogP contribution >= 0.6 is 11.6 Å². The van der Waals surface area contributed by atoms with Gasteiger partial charge in [-0.3, -0.25) is 0 Å². The number of hydrogen-bond donors (Lipinski definition) is 1. The van der Waals surface area contributed by atoms with Crippen molar-refractivity contribution in [3.05, 3.63) is 58.1 Å². The molecule has 2 aromatic rings. The maximum Gasteiger partial charge on any atom is 0.129 e. The Bertz CT molecular complexity index is 628. The van der Waals surface area contributed by atoms with Crippen molar-refractivity contribution < 1.29 is 4.39 Å². The van der Waals surface area contributed by atoms with Crippen molar-refractivity contribution in [1.29, 1.82) is 0 Å². The molecule has 4 heteroatoms. The third kappa shape index (κ3) is 2.30. The third-order valence-electron chi connectivity index (χ3n) is 3.60. The first-order chi connectivity index (χ1) is 9.15. The smallest absolute Gasteiger partial charge is 0.129 e. The summed E-state index contributed by atoms with van der Waals surface area (Å²) in [4.78, 5) is 4.22. The van der Waals surface area contributed by atoms with E-state index in [1.165, 1.54) is 6.07 Å². The lowest BCUT2D eigenvalue weighted by Crippen LogP contribution is -2.08. The van der Waals surface area contributed by atoms with Crippen molar-refractivity contribution in [3.63, 3.8) is 0 Å². The number of rotatable bonds is 2. The van der Waals surface area contributed by atoms with Gasteiger partial charge in [-0.2, -0.15) is 0 Å². The summed E-state index contributed by atoms with van der Waals surface area (Å²) in [6.07, 6.45) is 1.68. The highest BCUT2D eigenvalue weighted by molar-refractivity contribution is 6.29. The number of aromatic nitrogens is 1. The van der Waals surface area contributed by atoms with Gasteiger partial charge in [0.1, 0.15) is 11.0 Å². The summed E-state index contributed by atoms with van der Waals surface area (Å²) in [5.41, 5.74) is 3.69. The van der Waals surface area contributed by atoms with Gasteiger partial charge in [0, 0.05) is 0 Å². The van der Waals surface area contributed by atoms with Gasteiger partial charge in [0.2, 0.25) is 0 Å². The Labute approximate surface area is 116 Å². The van der Waals surface area contributed by atoms with Crippen molar-refractivity contribution in [2.24, 2.45) is 0 Å². The monoisotopic (exact) mass is 276 g/mol. The summed E-state index contributed by atoms with van der Waals surface area (Å²) < 4.78 is 13.7. The fraction of sp³-hybridized carbons (Fsp3) is 0.267. The molecule has 0 amide bonds. The topological polar surface area (TPSA) is 24.9 Å². The maximum absolute atomic E-state index is 13.7. The van der Waals surface area contributed by atoms with Crippen LogP contribution < -0.4 is 5.32 Å². The molecule has 0 saturated heterocycles. The van der Waals surface area contributed by atoms with Gasteiger partial charge in [-0.05, 0) is 49.1 Å². The first-order valence-electron chi connectivity index (χ1n) is 6.32. The predicted molar refractivity (Wildman–Crippen MR) is 75.1 cm³/mol. The molecule has 1 aromatic carbocycles. The highest BCUT2D eigenvalue weighted by Crippen LogP contribution is 2.35. The lowest BCUT2D eigenvalue weighted by molar-refractivity contribution is 0.612. The Morgan fingerprint density at radius 3 is 2.95 bits per heavy atom. The summed E-state index contributed by atoms with van der Waals surface area (Å²) in [5, 5.41) is 3.92. The molecule has 0 bridgehead atoms. The molecule has 19 heavy (non-hydrogen) atoms. The SMILES string of the molecule is Cc1nc(Cl)ccc1NC1CCc2c(F)cccc21. The van der Waals surface area contributed by atoms with E-state index in [-0.39, 0.29) is 11.9 Å². The van der Waals surface area contributed by atoms with Gasteiger partial charge in [0.25, 0.3) is 0 Å². The minimum absolute atomic E-state index is 0.104. The van der Waals surface area contributed by atoms with E-state index in [2.05, 4.69) is 10.3 Å². The molecule has 0 spiro atoms. The summed E-state index contributed by atoms with van der Waals surface area (Å²) >= 11 is 5.85. The van der Waals surface area contributed by atoms with Crippen LogP contribution in [0.5, 0.6) is 0 Å². The first-order valence-corrected chi connectivity index (χ1v) is 6.70. The molecule has 0 fully saturated rings. The molecule has 1 aromatic heterocycles. The lowest BCUT2D eigenvalue weighted by atomic mass is 10.1. The molecule has 1 unspecified atom stereocenters. The number of nitrogens with one attached hydrogen (secondary N) is 1. The van der Waals surface area contributed by atoms with Crippen LogP contribution in [0.25, 0.3) is 0 Å². The third-order valence-corrected chi connectivity index (χ3v) is 3.81. The number of nitrogens with zero attached hydrogens (tertiary/aromatic N) is 1. The quantitative estimate of drug-likeness (QED) is 0.828. The van der Waals surface area contributed by atoms with Crippen LogP contribution in [0.1, 0.15) is 29.3 Å². The van der Waals surface area contributed by atoms with E-state index in [0.717, 1.165) is 35.3 Å². The molecular formula is C15H14ClFN2. The zero-order chi connectivity index (χ0) is 13.4. The van der Waals surface area contributed by atoms with Crippen LogP contribution in [0, 0.1) is 12.7 Å². The molecule has 2 nitrogen and oxygen atoms in total. The van der Waals surface area contributed by atoms with E-state index in [4.69, 9.17) is 11.6 Å². The molecule has 3 rings (SSSR count). The molecule has 98 valence electrons. The summed E-state index contributed by atoms with van der Waals surface area (Å²) in [5.74, 6) is -0.104. The molecular weight excluding hydrogens is 263 g/mol. The standard InChI is InChI=1S/C15H14ClFN2/c1-9-13(7-8-15(16)18-9)19-14-6-5-10-11(14)3-2-4-12(10)17/h2-4,7-8,14,19H,5-6H2,1H3. The van der Waals surface area contributed by atoms with E-state index >= 15 is 0 Å². The van der Waals surface area contributed by atoms with Crippen molar-refractivity contribution in [2.75, 3.05) is 5.32 Å². The molecule has 1 atom stereocenters. The van der Waals surface area contributed by atoms with E-state index in [1.54, 1.807) is 12.1 Å². The van der Waals surface area contributed by atoms with Crippen molar-refractivity contribution >= 4 is 17.3 Å². The summed E-state index contributed by atoms with van der Waals surface area (Å²) in [7, 11) is 0. The number of benzene rings is 1. The lowest BCUT2D eigenvalue weighted by Gasteiger charge is -2.17. The Kier molecular flexibility index (Phi) is 3.15. The summed E-state index contributed by atoms with van der Waals surface area (Å²) in [6.45, 7) is 1.91. The second-order valence-electron chi connectivity index (χ2n) is 4.81. The first kappa shape index (κ1) is 12.4. The van der Waals surface area contributed by atoms with Gasteiger partial charge in [0.15, 0.2) is 0 Å². The number of aryl methyl sites for hydroxylation is 1. The highest BCUT2D eigenvalue weighted by Gasteiger charge is 2.25. The van der Waals surface area contributed by atoms with Crippen LogP contribution in [0.4, 0.5) is 10.1 Å². The van der Waals surface area contributed by atoms with Crippen LogP contribution in [-0.2, 0) is 6.42 Å². The number of hydrogen-bond acceptors (Lipinski definition) is 2. The van der Waals surface area contributed by atoms with Crippen LogP contribution in [0.15, 0.2) is 30.3 Å². The Morgan fingerprint density at radius 1 is 1.32 bits per heavy atom. The molecule has 1 aliphatic carbocycles. The molecule has 1 heterocycles. The molecule has 1 N–H and O–H groups in total. The second kappa shape index (κ2) is 4.82. The zero-order valence-electron chi connectivity index (χ0n) is 10.6. The van der Waals surface area contributed by atoms with Gasteiger partial charge >= 0.3 is 0 Å². The Morgan fingerprint density at radius 2 is 2.16 bits per heavy atom. The van der Waals surface area contributed by atoms with Crippen molar-refractivity contribution in [3.8, 4) is 0 Å². The molecule has 0 radical (unpaired) electrons. The second-order valence-corrected chi connectivity index (χ2v) is 5.20. The maximum atomic E-state index is 13.7. The largest absolute Gasteiger partial charge is 0.377 e. The van der Waals surface area contributed by atoms with E-state index in [9.17, 15) is 4.39 Å². The van der Waals surface area contributed by atoms with Gasteiger partial charge in [-0.25, -0.2) is 9.37 Å². The van der Waals surface area contributed by atoms with Gasteiger partial charge in [-0.1, -0.05) is 23.7 Å². The fourth-order valence-electron chi connectivity index (χ4n) is 2.63. The van der Waals surface area contributed by atoms with Gasteiger partial charge in [0.05, 0.1) is 17.4 Å². The molecule has 0 saturated carbocycles. The molecule has 0 aliphatic heterocycles. The number of pyridine rings is 1. The van der Waals surface area contributed by atoms with Gasteiger partial charge < -0.3 is 5.32 Å². The normalized spacial score (nSPS) is 17.3.